The van der Waals surface area contributed by atoms with Crippen LogP contribution in [-0.4, -0.2) is 55.3 Å². The number of likely N-dealkylation sites (tertiary alicyclic amines) is 1. The van der Waals surface area contributed by atoms with E-state index < -0.39 is 23.2 Å². The second kappa shape index (κ2) is 5.77. The molecule has 1 atom stereocenters. The molecule has 1 rings (SSSR count). The van der Waals surface area contributed by atoms with Gasteiger partial charge in [-0.3, -0.25) is 4.90 Å². The van der Waals surface area contributed by atoms with Crippen LogP contribution in [0.1, 0.15) is 33.6 Å². The number of methoxy groups -OCH3 is 1. The quantitative estimate of drug-likeness (QED) is 0.781. The Kier molecular flexibility index (Phi) is 4.79. The number of hydrogen-bond acceptors (Lipinski definition) is 5. The highest BCUT2D eigenvalue weighted by atomic mass is 16.6. The molecule has 0 bridgehead atoms. The largest absolute Gasteiger partial charge is 0.467 e. The number of likely N-dealkylation sites (N-methyl/N-ethyl adjacent to an activating group) is 1. The van der Waals surface area contributed by atoms with Gasteiger partial charge in [-0.25, -0.2) is 9.59 Å². The number of carbonyl (C=O) groups is 2. The van der Waals surface area contributed by atoms with Crippen molar-refractivity contribution in [3.8, 4) is 0 Å². The third-order valence-electron chi connectivity index (χ3n) is 3.14. The van der Waals surface area contributed by atoms with Crippen LogP contribution in [0, 0.1) is 0 Å². The van der Waals surface area contributed by atoms with Gasteiger partial charge < -0.3 is 14.8 Å². The molecule has 19 heavy (non-hydrogen) atoms. The predicted molar refractivity (Wildman–Crippen MR) is 70.8 cm³/mol. The molecule has 110 valence electrons. The Balaban J connectivity index is 2.96. The molecule has 1 saturated heterocycles. The highest BCUT2D eigenvalue weighted by Crippen LogP contribution is 2.31. The molecule has 1 N–H and O–H groups in total. The van der Waals surface area contributed by atoms with Crippen LogP contribution in [-0.2, 0) is 14.3 Å². The lowest BCUT2D eigenvalue weighted by molar-refractivity contribution is -0.152. The first-order chi connectivity index (χ1) is 8.77. The number of ether oxygens (including phenoxy) is 2. The number of esters is 1. The molecular formula is C13H24N2O4. The van der Waals surface area contributed by atoms with Gasteiger partial charge in [0.25, 0.3) is 0 Å². The number of nitrogens with zero attached hydrogens (tertiary/aromatic N) is 1. The van der Waals surface area contributed by atoms with Crippen LogP contribution in [0.15, 0.2) is 0 Å². The molecule has 0 aromatic heterocycles. The van der Waals surface area contributed by atoms with E-state index in [1.54, 1.807) is 27.8 Å². The van der Waals surface area contributed by atoms with Crippen LogP contribution in [0.2, 0.25) is 0 Å². The van der Waals surface area contributed by atoms with E-state index in [1.807, 2.05) is 0 Å². The van der Waals surface area contributed by atoms with Crippen molar-refractivity contribution in [2.24, 2.45) is 0 Å². The lowest BCUT2D eigenvalue weighted by Crippen LogP contribution is -2.59. The molecule has 1 aliphatic rings. The monoisotopic (exact) mass is 272 g/mol. The molecule has 1 fully saturated rings. The molecule has 6 nitrogen and oxygen atoms in total. The van der Waals surface area contributed by atoms with Crippen molar-refractivity contribution in [2.45, 2.75) is 44.8 Å². The predicted octanol–water partition coefficient (Wildman–Crippen LogP) is 1.15. The Morgan fingerprint density at radius 2 is 2.00 bits per heavy atom. The zero-order valence-electron chi connectivity index (χ0n) is 12.4. The molecule has 0 saturated carbocycles. The maximum atomic E-state index is 12.2. The first kappa shape index (κ1) is 15.8. The first-order valence-corrected chi connectivity index (χ1v) is 6.50. The van der Waals surface area contributed by atoms with E-state index in [9.17, 15) is 9.59 Å². The van der Waals surface area contributed by atoms with Crippen molar-refractivity contribution < 1.29 is 19.1 Å². The summed E-state index contributed by atoms with van der Waals surface area (Å²) in [6, 6.07) is 0. The second-order valence-electron chi connectivity index (χ2n) is 5.79. The summed E-state index contributed by atoms with van der Waals surface area (Å²) in [4.78, 5) is 25.8. The molecular weight excluding hydrogens is 248 g/mol. The minimum absolute atomic E-state index is 0.360. The topological polar surface area (TPSA) is 67.9 Å². The Labute approximate surface area is 114 Å². The van der Waals surface area contributed by atoms with Crippen LogP contribution >= 0.6 is 0 Å². The lowest BCUT2D eigenvalue weighted by atomic mass is 9.96. The Bertz CT molecular complexity index is 351. The van der Waals surface area contributed by atoms with E-state index in [0.29, 0.717) is 19.5 Å². The molecule has 0 radical (unpaired) electrons. The Morgan fingerprint density at radius 3 is 2.47 bits per heavy atom. The van der Waals surface area contributed by atoms with Gasteiger partial charge in [0.1, 0.15) is 5.60 Å². The van der Waals surface area contributed by atoms with Crippen LogP contribution in [0.4, 0.5) is 4.79 Å². The summed E-state index contributed by atoms with van der Waals surface area (Å²) in [7, 11) is 3.08. The van der Waals surface area contributed by atoms with Gasteiger partial charge in [-0.15, -0.1) is 0 Å². The SMILES string of the molecule is CNCC1(C(=O)OC)CCCN1C(=O)OC(C)(C)C. The number of hydrogen-bond donors (Lipinski definition) is 1. The van der Waals surface area contributed by atoms with E-state index in [1.165, 1.54) is 12.0 Å². The molecule has 0 spiro atoms. The minimum Gasteiger partial charge on any atom is -0.467 e. The fourth-order valence-electron chi connectivity index (χ4n) is 2.41. The van der Waals surface area contributed by atoms with Crippen molar-refractivity contribution in [1.29, 1.82) is 0 Å². The van der Waals surface area contributed by atoms with Gasteiger partial charge in [-0.1, -0.05) is 0 Å². The van der Waals surface area contributed by atoms with Gasteiger partial charge >= 0.3 is 12.1 Å². The standard InChI is InChI=1S/C13H24N2O4/c1-12(2,3)19-11(17)15-8-6-7-13(15,9-14-4)10(16)18-5/h14H,6-9H2,1-5H3. The van der Waals surface area contributed by atoms with E-state index >= 15 is 0 Å². The van der Waals surface area contributed by atoms with Crippen LogP contribution in [0.25, 0.3) is 0 Å². The molecule has 1 unspecified atom stereocenters. The molecule has 0 aromatic carbocycles. The van der Waals surface area contributed by atoms with E-state index in [0.717, 1.165) is 6.42 Å². The fourth-order valence-corrected chi connectivity index (χ4v) is 2.41. The van der Waals surface area contributed by atoms with Gasteiger partial charge in [0.05, 0.1) is 7.11 Å². The van der Waals surface area contributed by atoms with Crippen LogP contribution in [0.3, 0.4) is 0 Å². The summed E-state index contributed by atoms with van der Waals surface area (Å²) in [6.07, 6.45) is 0.876. The highest BCUT2D eigenvalue weighted by molar-refractivity contribution is 5.87. The Hall–Kier alpha value is -1.30. The normalized spacial score (nSPS) is 23.3. The third kappa shape index (κ3) is 3.37. The molecule has 0 aliphatic carbocycles. The van der Waals surface area contributed by atoms with E-state index in [-0.39, 0.29) is 0 Å². The average Bonchev–Trinajstić information content (AvgIpc) is 2.71. The molecule has 1 amide bonds. The summed E-state index contributed by atoms with van der Waals surface area (Å²) in [5.41, 5.74) is -1.53. The maximum Gasteiger partial charge on any atom is 0.411 e. The number of nitrogens with one attached hydrogen (secondary N) is 1. The zero-order valence-corrected chi connectivity index (χ0v) is 12.4. The van der Waals surface area contributed by atoms with Gasteiger partial charge in [-0.2, -0.15) is 0 Å². The first-order valence-electron chi connectivity index (χ1n) is 6.50. The maximum absolute atomic E-state index is 12.2. The molecule has 1 heterocycles. The number of carbonyl (C=O) groups excluding carboxylic acids is 2. The molecule has 1 aliphatic heterocycles. The van der Waals surface area contributed by atoms with Crippen molar-refractivity contribution in [3.05, 3.63) is 0 Å². The minimum atomic E-state index is -0.953. The van der Waals surface area contributed by atoms with E-state index in [4.69, 9.17) is 9.47 Å². The summed E-state index contributed by atoms with van der Waals surface area (Å²) >= 11 is 0. The van der Waals surface area contributed by atoms with Gasteiger partial charge in [0, 0.05) is 13.1 Å². The van der Waals surface area contributed by atoms with Gasteiger partial charge in [0.2, 0.25) is 0 Å². The van der Waals surface area contributed by atoms with Crippen LogP contribution < -0.4 is 5.32 Å². The van der Waals surface area contributed by atoms with Crippen molar-refractivity contribution in [2.75, 3.05) is 27.2 Å². The highest BCUT2D eigenvalue weighted by Gasteiger charge is 2.51. The number of rotatable bonds is 3. The fraction of sp³-hybridized carbons (Fsp3) is 0.846. The summed E-state index contributed by atoms with van der Waals surface area (Å²) in [6.45, 7) is 6.28. The van der Waals surface area contributed by atoms with E-state index in [2.05, 4.69) is 5.32 Å². The second-order valence-corrected chi connectivity index (χ2v) is 5.79. The molecule has 0 aromatic rings. The Morgan fingerprint density at radius 1 is 1.37 bits per heavy atom. The smallest absolute Gasteiger partial charge is 0.411 e. The summed E-state index contributed by atoms with van der Waals surface area (Å²) < 4.78 is 10.2. The summed E-state index contributed by atoms with van der Waals surface area (Å²) in [5, 5.41) is 2.96. The third-order valence-corrected chi connectivity index (χ3v) is 3.14. The summed E-state index contributed by atoms with van der Waals surface area (Å²) in [5.74, 6) is -0.398. The zero-order chi connectivity index (χ0) is 14.7. The van der Waals surface area contributed by atoms with Crippen LogP contribution in [0.5, 0.6) is 0 Å². The molecule has 6 heteroatoms. The van der Waals surface area contributed by atoms with Gasteiger partial charge in [0.15, 0.2) is 5.54 Å². The van der Waals surface area contributed by atoms with Gasteiger partial charge in [-0.05, 0) is 40.7 Å². The lowest BCUT2D eigenvalue weighted by Gasteiger charge is -2.36. The average molecular weight is 272 g/mol. The van der Waals surface area contributed by atoms with Crippen molar-refractivity contribution >= 4 is 12.1 Å². The van der Waals surface area contributed by atoms with Crippen molar-refractivity contribution in [3.63, 3.8) is 0 Å². The number of amides is 1. The van der Waals surface area contributed by atoms with Crippen molar-refractivity contribution in [1.82, 2.24) is 10.2 Å².